The van der Waals surface area contributed by atoms with E-state index in [-0.39, 0.29) is 29.3 Å². The van der Waals surface area contributed by atoms with Crippen molar-refractivity contribution in [2.45, 2.75) is 18.6 Å². The van der Waals surface area contributed by atoms with Crippen molar-refractivity contribution in [3.05, 3.63) is 33.9 Å². The SMILES string of the molecule is COc1cccc([N+](=O)[O-])c1C(O)C(O)CCCl. The van der Waals surface area contributed by atoms with Gasteiger partial charge in [0.2, 0.25) is 0 Å². The standard InChI is InChI=1S/C11H14ClNO5/c1-18-9-4-2-3-7(13(16)17)10(9)11(15)8(14)5-6-12/h2-4,8,11,14-15H,5-6H2,1H3. The van der Waals surface area contributed by atoms with Gasteiger partial charge < -0.3 is 14.9 Å². The average Bonchev–Trinajstić information content (AvgIpc) is 2.37. The number of benzene rings is 1. The molecule has 100 valence electrons. The van der Waals surface area contributed by atoms with Crippen LogP contribution in [0, 0.1) is 10.1 Å². The molecule has 0 heterocycles. The Kier molecular flexibility index (Phi) is 5.33. The lowest BCUT2D eigenvalue weighted by Crippen LogP contribution is -2.20. The van der Waals surface area contributed by atoms with Crippen LogP contribution in [0.3, 0.4) is 0 Å². The molecule has 1 aromatic rings. The molecule has 0 fully saturated rings. The van der Waals surface area contributed by atoms with E-state index in [9.17, 15) is 20.3 Å². The van der Waals surface area contributed by atoms with Crippen molar-refractivity contribution in [2.24, 2.45) is 0 Å². The Morgan fingerprint density at radius 2 is 2.17 bits per heavy atom. The second kappa shape index (κ2) is 6.53. The van der Waals surface area contributed by atoms with Gasteiger partial charge in [0.1, 0.15) is 17.4 Å². The summed E-state index contributed by atoms with van der Waals surface area (Å²) < 4.78 is 4.98. The van der Waals surface area contributed by atoms with E-state index in [2.05, 4.69) is 0 Å². The Bertz CT molecular complexity index is 426. The van der Waals surface area contributed by atoms with Gasteiger partial charge in [-0.2, -0.15) is 0 Å². The molecule has 1 rings (SSSR count). The second-order valence-corrected chi connectivity index (χ2v) is 4.02. The molecule has 0 radical (unpaired) electrons. The molecule has 0 saturated carbocycles. The maximum Gasteiger partial charge on any atom is 0.279 e. The third kappa shape index (κ3) is 3.10. The van der Waals surface area contributed by atoms with Crippen molar-refractivity contribution in [1.29, 1.82) is 0 Å². The Morgan fingerprint density at radius 1 is 1.50 bits per heavy atom. The Balaban J connectivity index is 3.22. The first kappa shape index (κ1) is 14.7. The third-order valence-corrected chi connectivity index (χ3v) is 2.74. The molecule has 2 unspecified atom stereocenters. The molecular weight excluding hydrogens is 262 g/mol. The summed E-state index contributed by atoms with van der Waals surface area (Å²) in [6.45, 7) is 0. The zero-order chi connectivity index (χ0) is 13.7. The summed E-state index contributed by atoms with van der Waals surface area (Å²) in [5.41, 5.74) is -0.335. The Morgan fingerprint density at radius 3 is 2.67 bits per heavy atom. The lowest BCUT2D eigenvalue weighted by Gasteiger charge is -2.19. The molecule has 2 N–H and O–H groups in total. The van der Waals surface area contributed by atoms with E-state index in [1.54, 1.807) is 0 Å². The topological polar surface area (TPSA) is 92.8 Å². The van der Waals surface area contributed by atoms with Gasteiger partial charge in [0.05, 0.1) is 18.1 Å². The van der Waals surface area contributed by atoms with Crippen molar-refractivity contribution in [2.75, 3.05) is 13.0 Å². The fourth-order valence-corrected chi connectivity index (χ4v) is 1.85. The summed E-state index contributed by atoms with van der Waals surface area (Å²) in [5, 5.41) is 30.6. The van der Waals surface area contributed by atoms with Crippen molar-refractivity contribution in [3.8, 4) is 5.75 Å². The number of aliphatic hydroxyl groups excluding tert-OH is 2. The van der Waals surface area contributed by atoms with Gasteiger partial charge in [-0.25, -0.2) is 0 Å². The number of hydrogen-bond acceptors (Lipinski definition) is 5. The number of nitro benzene ring substituents is 1. The highest BCUT2D eigenvalue weighted by molar-refractivity contribution is 6.17. The van der Waals surface area contributed by atoms with E-state index < -0.39 is 17.1 Å². The van der Waals surface area contributed by atoms with E-state index in [1.807, 2.05) is 0 Å². The smallest absolute Gasteiger partial charge is 0.279 e. The largest absolute Gasteiger partial charge is 0.496 e. The lowest BCUT2D eigenvalue weighted by molar-refractivity contribution is -0.386. The summed E-state index contributed by atoms with van der Waals surface area (Å²) in [4.78, 5) is 10.3. The third-order valence-electron chi connectivity index (χ3n) is 2.52. The summed E-state index contributed by atoms with van der Waals surface area (Å²) in [7, 11) is 1.34. The molecule has 0 aliphatic rings. The number of rotatable bonds is 6. The fraction of sp³-hybridized carbons (Fsp3) is 0.455. The molecule has 7 heteroatoms. The predicted molar refractivity (Wildman–Crippen MR) is 66.0 cm³/mol. The summed E-state index contributed by atoms with van der Waals surface area (Å²) in [6.07, 6.45) is -2.48. The van der Waals surface area contributed by atoms with Crippen LogP contribution in [-0.4, -0.2) is 34.2 Å². The van der Waals surface area contributed by atoms with Crippen LogP contribution in [0.4, 0.5) is 5.69 Å². The summed E-state index contributed by atoms with van der Waals surface area (Å²) >= 11 is 5.47. The summed E-state index contributed by atoms with van der Waals surface area (Å²) in [6, 6.07) is 4.18. The molecule has 0 spiro atoms. The quantitative estimate of drug-likeness (QED) is 0.467. The molecule has 0 aliphatic carbocycles. The predicted octanol–water partition coefficient (Wildman–Crippen LogP) is 1.63. The second-order valence-electron chi connectivity index (χ2n) is 3.64. The number of halogens is 1. The zero-order valence-corrected chi connectivity index (χ0v) is 10.5. The van der Waals surface area contributed by atoms with Crippen LogP contribution in [0.1, 0.15) is 18.1 Å². The van der Waals surface area contributed by atoms with E-state index >= 15 is 0 Å². The van der Waals surface area contributed by atoms with Crippen LogP contribution >= 0.6 is 11.6 Å². The minimum absolute atomic E-state index is 0.0392. The minimum atomic E-state index is -1.42. The maximum absolute atomic E-state index is 10.9. The van der Waals surface area contributed by atoms with Gasteiger partial charge in [0, 0.05) is 11.9 Å². The van der Waals surface area contributed by atoms with Crippen LogP contribution < -0.4 is 4.74 Å². The number of nitro groups is 1. The van der Waals surface area contributed by atoms with Gasteiger partial charge in [-0.15, -0.1) is 11.6 Å². The number of hydrogen-bond donors (Lipinski definition) is 2. The molecule has 0 aromatic heterocycles. The monoisotopic (exact) mass is 275 g/mol. The van der Waals surface area contributed by atoms with E-state index in [1.165, 1.54) is 25.3 Å². The van der Waals surface area contributed by atoms with Crippen LogP contribution in [0.15, 0.2) is 18.2 Å². The lowest BCUT2D eigenvalue weighted by atomic mass is 10.00. The molecule has 2 atom stereocenters. The average molecular weight is 276 g/mol. The minimum Gasteiger partial charge on any atom is -0.496 e. The number of alkyl halides is 1. The van der Waals surface area contributed by atoms with E-state index in [0.29, 0.717) is 0 Å². The highest BCUT2D eigenvalue weighted by Crippen LogP contribution is 2.35. The van der Waals surface area contributed by atoms with Gasteiger partial charge in [-0.05, 0) is 12.5 Å². The number of ether oxygens (including phenoxy) is 1. The first-order valence-electron chi connectivity index (χ1n) is 5.26. The first-order chi connectivity index (χ1) is 8.52. The molecule has 1 aromatic carbocycles. The van der Waals surface area contributed by atoms with Crippen molar-refractivity contribution in [1.82, 2.24) is 0 Å². The van der Waals surface area contributed by atoms with E-state index in [0.717, 1.165) is 0 Å². The highest BCUT2D eigenvalue weighted by Gasteiger charge is 2.29. The number of aliphatic hydroxyl groups is 2. The van der Waals surface area contributed by atoms with Gasteiger partial charge >= 0.3 is 0 Å². The molecule has 0 amide bonds. The molecule has 0 aliphatic heterocycles. The van der Waals surface area contributed by atoms with E-state index in [4.69, 9.17) is 16.3 Å². The van der Waals surface area contributed by atoms with Crippen molar-refractivity contribution < 1.29 is 19.9 Å². The number of methoxy groups -OCH3 is 1. The van der Waals surface area contributed by atoms with Crippen LogP contribution in [-0.2, 0) is 0 Å². The first-order valence-corrected chi connectivity index (χ1v) is 5.79. The molecular formula is C11H14ClNO5. The van der Waals surface area contributed by atoms with Gasteiger partial charge in [0.25, 0.3) is 5.69 Å². The van der Waals surface area contributed by atoms with Crippen molar-refractivity contribution in [3.63, 3.8) is 0 Å². The fourth-order valence-electron chi connectivity index (χ4n) is 1.63. The Labute approximate surface area is 109 Å². The molecule has 0 saturated heterocycles. The highest BCUT2D eigenvalue weighted by atomic mass is 35.5. The van der Waals surface area contributed by atoms with Gasteiger partial charge in [0.15, 0.2) is 0 Å². The maximum atomic E-state index is 10.9. The zero-order valence-electron chi connectivity index (χ0n) is 9.75. The molecule has 18 heavy (non-hydrogen) atoms. The van der Waals surface area contributed by atoms with Gasteiger partial charge in [-0.1, -0.05) is 6.07 Å². The number of nitrogens with zero attached hydrogens (tertiary/aromatic N) is 1. The molecule has 0 bridgehead atoms. The Hall–Kier alpha value is -1.37. The molecule has 6 nitrogen and oxygen atoms in total. The van der Waals surface area contributed by atoms with Gasteiger partial charge in [-0.3, -0.25) is 10.1 Å². The van der Waals surface area contributed by atoms with Crippen LogP contribution in [0.2, 0.25) is 0 Å². The van der Waals surface area contributed by atoms with Crippen molar-refractivity contribution >= 4 is 17.3 Å². The summed E-state index contributed by atoms with van der Waals surface area (Å²) in [5.74, 6) is 0.298. The van der Waals surface area contributed by atoms with Crippen LogP contribution in [0.25, 0.3) is 0 Å². The van der Waals surface area contributed by atoms with Crippen LogP contribution in [0.5, 0.6) is 5.75 Å². The normalized spacial score (nSPS) is 14.0.